The second kappa shape index (κ2) is 7.00. The smallest absolute Gasteiger partial charge is 0.340 e. The molecule has 0 unspecified atom stereocenters. The van der Waals surface area contributed by atoms with Crippen molar-refractivity contribution in [3.05, 3.63) is 28.7 Å². The van der Waals surface area contributed by atoms with Gasteiger partial charge in [0.05, 0.1) is 24.5 Å². The highest BCUT2D eigenvalue weighted by molar-refractivity contribution is 7.16. The van der Waals surface area contributed by atoms with Crippen molar-refractivity contribution < 1.29 is 24.2 Å². The van der Waals surface area contributed by atoms with Crippen LogP contribution in [0.3, 0.4) is 0 Å². The molecule has 1 fully saturated rings. The number of carbonyl (C=O) groups excluding carboxylic acids is 2. The first-order chi connectivity index (χ1) is 12.0. The number of thiophene rings is 1. The van der Waals surface area contributed by atoms with Crippen LogP contribution >= 0.6 is 11.3 Å². The summed E-state index contributed by atoms with van der Waals surface area (Å²) in [5.41, 5.74) is 0.329. The number of hydrogen-bond acceptors (Lipinski definition) is 5. The molecule has 0 saturated heterocycles. The van der Waals surface area contributed by atoms with E-state index in [1.54, 1.807) is 6.07 Å². The van der Waals surface area contributed by atoms with Crippen LogP contribution in [0.2, 0.25) is 0 Å². The molecule has 4 atom stereocenters. The fourth-order valence-corrected chi connectivity index (χ4v) is 5.03. The Kier molecular flexibility index (Phi) is 4.94. The van der Waals surface area contributed by atoms with Gasteiger partial charge in [-0.05, 0) is 30.7 Å². The van der Waals surface area contributed by atoms with E-state index in [9.17, 15) is 19.5 Å². The molecular weight excluding hydrogens is 342 g/mol. The highest BCUT2D eigenvalue weighted by Gasteiger charge is 2.51. The predicted molar refractivity (Wildman–Crippen MR) is 93.6 cm³/mol. The number of carbonyl (C=O) groups is 3. The molecule has 1 heterocycles. The molecule has 0 aliphatic heterocycles. The molecule has 2 bridgehead atoms. The predicted octanol–water partition coefficient (Wildman–Crippen LogP) is 2.95. The van der Waals surface area contributed by atoms with E-state index in [-0.39, 0.29) is 17.7 Å². The maximum atomic E-state index is 12.8. The number of hydrogen-bond donors (Lipinski definition) is 2. The topological polar surface area (TPSA) is 92.7 Å². The first kappa shape index (κ1) is 17.7. The first-order valence-electron chi connectivity index (χ1n) is 8.39. The number of esters is 1. The van der Waals surface area contributed by atoms with E-state index in [4.69, 9.17) is 4.74 Å². The van der Waals surface area contributed by atoms with Crippen molar-refractivity contribution in [2.24, 2.45) is 23.7 Å². The van der Waals surface area contributed by atoms with Gasteiger partial charge >= 0.3 is 11.9 Å². The van der Waals surface area contributed by atoms with Crippen LogP contribution in [-0.2, 0) is 20.7 Å². The highest BCUT2D eigenvalue weighted by Crippen LogP contribution is 2.48. The van der Waals surface area contributed by atoms with Crippen molar-refractivity contribution in [2.45, 2.75) is 26.2 Å². The molecule has 1 aromatic heterocycles. The quantitative estimate of drug-likeness (QED) is 0.599. The van der Waals surface area contributed by atoms with Crippen LogP contribution in [-0.4, -0.2) is 30.1 Å². The van der Waals surface area contributed by atoms with Crippen LogP contribution in [0.1, 0.15) is 35.0 Å². The third-order valence-electron chi connectivity index (χ3n) is 4.97. The number of methoxy groups -OCH3 is 1. The maximum absolute atomic E-state index is 12.8. The molecule has 1 saturated carbocycles. The van der Waals surface area contributed by atoms with E-state index in [1.807, 2.05) is 19.1 Å². The number of ether oxygens (including phenoxy) is 1. The van der Waals surface area contributed by atoms with Gasteiger partial charge in [0.25, 0.3) is 0 Å². The van der Waals surface area contributed by atoms with E-state index in [0.29, 0.717) is 17.0 Å². The fraction of sp³-hybridized carbons (Fsp3) is 0.500. The molecule has 0 spiro atoms. The van der Waals surface area contributed by atoms with Crippen LogP contribution in [0, 0.1) is 23.7 Å². The summed E-state index contributed by atoms with van der Waals surface area (Å²) in [4.78, 5) is 37.3. The SMILES string of the molecule is CCCc1cc(C(=O)OC)c(NC(=O)[C@H]2[C@@H](C(=O)O)[C@H]3C=C[C@@H]2C3)s1. The summed E-state index contributed by atoms with van der Waals surface area (Å²) in [7, 11) is 1.30. The second-order valence-electron chi connectivity index (χ2n) is 6.52. The molecule has 1 aromatic rings. The molecule has 0 aromatic carbocycles. The van der Waals surface area contributed by atoms with E-state index >= 15 is 0 Å². The normalized spacial score (nSPS) is 26.6. The number of nitrogens with one attached hydrogen (secondary N) is 1. The molecule has 134 valence electrons. The van der Waals surface area contributed by atoms with Gasteiger partial charge in [-0.1, -0.05) is 25.5 Å². The summed E-state index contributed by atoms with van der Waals surface area (Å²) in [6.45, 7) is 2.04. The first-order valence-corrected chi connectivity index (χ1v) is 9.20. The van der Waals surface area contributed by atoms with Gasteiger partial charge in [0, 0.05) is 4.88 Å². The number of allylic oxidation sites excluding steroid dienone is 2. The molecule has 0 radical (unpaired) electrons. The highest BCUT2D eigenvalue weighted by atomic mass is 32.1. The number of fused-ring (bicyclic) bond motifs is 2. The second-order valence-corrected chi connectivity index (χ2v) is 7.66. The third-order valence-corrected chi connectivity index (χ3v) is 6.08. The Morgan fingerprint density at radius 1 is 1.28 bits per heavy atom. The Morgan fingerprint density at radius 3 is 2.56 bits per heavy atom. The van der Waals surface area contributed by atoms with Crippen LogP contribution < -0.4 is 5.32 Å². The zero-order chi connectivity index (χ0) is 18.1. The molecule has 7 heteroatoms. The summed E-state index contributed by atoms with van der Waals surface area (Å²) in [6, 6.07) is 1.74. The number of carboxylic acid groups (broad SMARTS) is 1. The summed E-state index contributed by atoms with van der Waals surface area (Å²) >= 11 is 1.35. The van der Waals surface area contributed by atoms with Gasteiger partial charge in [-0.15, -0.1) is 11.3 Å². The Morgan fingerprint density at radius 2 is 1.96 bits per heavy atom. The summed E-state index contributed by atoms with van der Waals surface area (Å²) in [5.74, 6) is -3.22. The Bertz CT molecular complexity index is 738. The molecule has 6 nitrogen and oxygen atoms in total. The average Bonchev–Trinajstić information content (AvgIpc) is 3.28. The van der Waals surface area contributed by atoms with Gasteiger partial charge in [-0.3, -0.25) is 9.59 Å². The third kappa shape index (κ3) is 3.20. The van der Waals surface area contributed by atoms with Crippen molar-refractivity contribution in [3.63, 3.8) is 0 Å². The van der Waals surface area contributed by atoms with Gasteiger partial charge in [0.1, 0.15) is 5.00 Å². The van der Waals surface area contributed by atoms with E-state index in [1.165, 1.54) is 18.4 Å². The van der Waals surface area contributed by atoms with Crippen molar-refractivity contribution in [1.29, 1.82) is 0 Å². The lowest BCUT2D eigenvalue weighted by Gasteiger charge is -2.23. The Labute approximate surface area is 149 Å². The van der Waals surface area contributed by atoms with Crippen molar-refractivity contribution in [3.8, 4) is 0 Å². The number of aryl methyl sites for hydroxylation is 1. The van der Waals surface area contributed by atoms with Crippen molar-refractivity contribution >= 4 is 34.2 Å². The van der Waals surface area contributed by atoms with Gasteiger partial charge in [-0.2, -0.15) is 0 Å². The monoisotopic (exact) mass is 363 g/mol. The van der Waals surface area contributed by atoms with Gasteiger partial charge in [-0.25, -0.2) is 4.79 Å². The minimum atomic E-state index is -0.942. The Hall–Kier alpha value is -2.15. The molecule has 2 aliphatic rings. The largest absolute Gasteiger partial charge is 0.481 e. The molecular formula is C18H21NO5S. The number of amides is 1. The molecule has 1 amide bonds. The molecule has 2 N–H and O–H groups in total. The van der Waals surface area contributed by atoms with E-state index < -0.39 is 23.8 Å². The zero-order valence-electron chi connectivity index (χ0n) is 14.2. The minimum Gasteiger partial charge on any atom is -0.481 e. The molecule has 25 heavy (non-hydrogen) atoms. The van der Waals surface area contributed by atoms with Crippen LogP contribution in [0.4, 0.5) is 5.00 Å². The number of aliphatic carboxylic acids is 1. The summed E-state index contributed by atoms with van der Waals surface area (Å²) < 4.78 is 4.80. The van der Waals surface area contributed by atoms with Gasteiger partial charge < -0.3 is 15.2 Å². The lowest BCUT2D eigenvalue weighted by molar-refractivity contribution is -0.146. The van der Waals surface area contributed by atoms with E-state index in [2.05, 4.69) is 5.32 Å². The average molecular weight is 363 g/mol. The number of anilines is 1. The summed E-state index contributed by atoms with van der Waals surface area (Å²) in [5, 5.41) is 12.7. The number of rotatable bonds is 6. The van der Waals surface area contributed by atoms with Crippen LogP contribution in [0.5, 0.6) is 0 Å². The Balaban J connectivity index is 1.84. The van der Waals surface area contributed by atoms with Gasteiger partial charge in [0.2, 0.25) is 5.91 Å². The zero-order valence-corrected chi connectivity index (χ0v) is 15.0. The van der Waals surface area contributed by atoms with Crippen molar-refractivity contribution in [1.82, 2.24) is 0 Å². The van der Waals surface area contributed by atoms with Crippen molar-refractivity contribution in [2.75, 3.05) is 12.4 Å². The minimum absolute atomic E-state index is 0.0530. The fourth-order valence-electron chi connectivity index (χ4n) is 3.88. The van der Waals surface area contributed by atoms with Crippen LogP contribution in [0.15, 0.2) is 18.2 Å². The molecule has 3 rings (SSSR count). The standard InChI is InChI=1S/C18H21NO5S/c1-3-4-11-8-12(18(23)24-2)16(25-11)19-15(20)13-9-5-6-10(7-9)14(13)17(21)22/h5-6,8-10,13-14H,3-4,7H2,1-2H3,(H,19,20)(H,21,22)/t9-,10+,13-,14+/m1/s1. The van der Waals surface area contributed by atoms with Gasteiger partial charge in [0.15, 0.2) is 0 Å². The lowest BCUT2D eigenvalue weighted by Crippen LogP contribution is -2.36. The van der Waals surface area contributed by atoms with Crippen LogP contribution in [0.25, 0.3) is 0 Å². The lowest BCUT2D eigenvalue weighted by atomic mass is 9.82. The van der Waals surface area contributed by atoms with E-state index in [0.717, 1.165) is 17.7 Å². The summed E-state index contributed by atoms with van der Waals surface area (Å²) in [6.07, 6.45) is 6.26. The molecule has 2 aliphatic carbocycles. The maximum Gasteiger partial charge on any atom is 0.340 e. The number of carboxylic acids is 1.